The molecule has 0 spiro atoms. The molecule has 0 aromatic carbocycles. The van der Waals surface area contributed by atoms with Gasteiger partial charge in [0.25, 0.3) is 0 Å². The van der Waals surface area contributed by atoms with E-state index in [1.54, 1.807) is 7.11 Å². The molecule has 2 saturated heterocycles. The molecule has 2 heterocycles. The molecule has 0 unspecified atom stereocenters. The zero-order valence-corrected chi connectivity index (χ0v) is 12.6. The lowest BCUT2D eigenvalue weighted by atomic mass is 9.98. The van der Waals surface area contributed by atoms with Crippen LogP contribution < -0.4 is 0 Å². The maximum Gasteiger partial charge on any atom is 0.306 e. The van der Waals surface area contributed by atoms with E-state index in [2.05, 4.69) is 0 Å². The lowest BCUT2D eigenvalue weighted by Crippen LogP contribution is -2.38. The maximum absolute atomic E-state index is 11.8. The highest BCUT2D eigenvalue weighted by molar-refractivity contribution is 5.69. The number of methoxy groups -OCH3 is 1. The summed E-state index contributed by atoms with van der Waals surface area (Å²) in [4.78, 5) is 11.8. The number of hydrogen-bond donors (Lipinski definition) is 0. The molecule has 2 rings (SSSR count). The van der Waals surface area contributed by atoms with E-state index < -0.39 is 0 Å². The zero-order chi connectivity index (χ0) is 14.2. The number of rotatable bonds is 1. The van der Waals surface area contributed by atoms with Crippen molar-refractivity contribution in [2.24, 2.45) is 0 Å². The fourth-order valence-electron chi connectivity index (χ4n) is 3.13. The molecule has 2 aliphatic heterocycles. The molecular weight excluding hydrogens is 256 g/mol. The minimum Gasteiger partial charge on any atom is -0.462 e. The molecule has 0 aromatic rings. The number of carbonyl (C=O) groups is 1. The molecule has 0 amide bonds. The van der Waals surface area contributed by atoms with Crippen LogP contribution in [-0.2, 0) is 19.0 Å². The van der Waals surface area contributed by atoms with Gasteiger partial charge in [-0.3, -0.25) is 4.79 Å². The van der Waals surface area contributed by atoms with Crippen molar-refractivity contribution in [1.82, 2.24) is 0 Å². The SMILES string of the molecule is CO[C@H]1C[C@H]2C[C@@H](CCCCCCCCCC(=O)O2)O1. The Morgan fingerprint density at radius 1 is 0.950 bits per heavy atom. The smallest absolute Gasteiger partial charge is 0.306 e. The van der Waals surface area contributed by atoms with Crippen molar-refractivity contribution >= 4 is 5.97 Å². The fourth-order valence-corrected chi connectivity index (χ4v) is 3.13. The first-order chi connectivity index (χ1) is 9.78. The highest BCUT2D eigenvalue weighted by Crippen LogP contribution is 2.27. The Labute approximate surface area is 122 Å². The maximum atomic E-state index is 11.8. The molecule has 4 nitrogen and oxygen atoms in total. The lowest BCUT2D eigenvalue weighted by Gasteiger charge is -2.34. The number of hydrogen-bond acceptors (Lipinski definition) is 4. The predicted octanol–water partition coefficient (Wildman–Crippen LogP) is 3.57. The summed E-state index contributed by atoms with van der Waals surface area (Å²) in [5.41, 5.74) is 0. The van der Waals surface area contributed by atoms with Crippen LogP contribution in [0, 0.1) is 0 Å². The summed E-state index contributed by atoms with van der Waals surface area (Å²) in [7, 11) is 1.66. The van der Waals surface area contributed by atoms with Gasteiger partial charge in [0.2, 0.25) is 0 Å². The lowest BCUT2D eigenvalue weighted by molar-refractivity contribution is -0.212. The van der Waals surface area contributed by atoms with Crippen molar-refractivity contribution in [2.75, 3.05) is 7.11 Å². The minimum absolute atomic E-state index is 0.0332. The van der Waals surface area contributed by atoms with Crippen molar-refractivity contribution in [3.05, 3.63) is 0 Å². The van der Waals surface area contributed by atoms with Crippen LogP contribution in [0.4, 0.5) is 0 Å². The Bertz CT molecular complexity index is 292. The van der Waals surface area contributed by atoms with Crippen LogP contribution >= 0.6 is 0 Å². The minimum atomic E-state index is -0.223. The van der Waals surface area contributed by atoms with Crippen molar-refractivity contribution < 1.29 is 19.0 Å². The summed E-state index contributed by atoms with van der Waals surface area (Å²) in [6.07, 6.45) is 11.4. The van der Waals surface area contributed by atoms with Crippen molar-refractivity contribution in [3.63, 3.8) is 0 Å². The van der Waals surface area contributed by atoms with E-state index in [-0.39, 0.29) is 24.5 Å². The summed E-state index contributed by atoms with van der Waals surface area (Å²) in [5.74, 6) is -0.0532. The average molecular weight is 284 g/mol. The fraction of sp³-hybridized carbons (Fsp3) is 0.938. The third-order valence-electron chi connectivity index (χ3n) is 4.29. The van der Waals surface area contributed by atoms with Crippen molar-refractivity contribution in [2.45, 2.75) is 89.1 Å². The topological polar surface area (TPSA) is 44.8 Å². The molecule has 0 radical (unpaired) electrons. The van der Waals surface area contributed by atoms with Gasteiger partial charge in [0, 0.05) is 26.4 Å². The number of esters is 1. The van der Waals surface area contributed by atoms with Gasteiger partial charge in [0.05, 0.1) is 6.10 Å². The predicted molar refractivity (Wildman–Crippen MR) is 76.3 cm³/mol. The highest BCUT2D eigenvalue weighted by Gasteiger charge is 2.31. The van der Waals surface area contributed by atoms with E-state index >= 15 is 0 Å². The van der Waals surface area contributed by atoms with Crippen LogP contribution in [0.5, 0.6) is 0 Å². The Balaban J connectivity index is 1.89. The van der Waals surface area contributed by atoms with E-state index in [9.17, 15) is 4.79 Å². The molecule has 0 N–H and O–H groups in total. The van der Waals surface area contributed by atoms with Crippen molar-refractivity contribution in [3.8, 4) is 0 Å². The van der Waals surface area contributed by atoms with Gasteiger partial charge in [-0.2, -0.15) is 0 Å². The molecule has 0 saturated carbocycles. The monoisotopic (exact) mass is 284 g/mol. The van der Waals surface area contributed by atoms with Crippen LogP contribution in [0.3, 0.4) is 0 Å². The number of carbonyl (C=O) groups excluding carboxylic acids is 1. The van der Waals surface area contributed by atoms with Gasteiger partial charge in [0.1, 0.15) is 6.10 Å². The van der Waals surface area contributed by atoms with Crippen LogP contribution in [0.25, 0.3) is 0 Å². The van der Waals surface area contributed by atoms with Gasteiger partial charge >= 0.3 is 5.97 Å². The first kappa shape index (κ1) is 15.8. The third kappa shape index (κ3) is 5.41. The van der Waals surface area contributed by atoms with E-state index in [0.29, 0.717) is 12.8 Å². The van der Waals surface area contributed by atoms with E-state index in [0.717, 1.165) is 25.7 Å². The Kier molecular flexibility index (Phi) is 6.80. The summed E-state index contributed by atoms with van der Waals surface area (Å²) < 4.78 is 16.8. The van der Waals surface area contributed by atoms with Crippen LogP contribution in [-0.4, -0.2) is 31.6 Å². The molecule has 2 aliphatic rings. The van der Waals surface area contributed by atoms with Gasteiger partial charge in [-0.25, -0.2) is 0 Å². The standard InChI is InChI=1S/C16H28O4/c1-18-16-12-14-11-13(20-16)9-7-5-3-2-4-6-8-10-15(17)19-14/h13-14,16H,2-12H2,1H3/t13-,14-,16-/m1/s1. The van der Waals surface area contributed by atoms with Crippen LogP contribution in [0.2, 0.25) is 0 Å². The highest BCUT2D eigenvalue weighted by atomic mass is 16.7. The normalized spacial score (nSPS) is 34.0. The van der Waals surface area contributed by atoms with E-state index in [4.69, 9.17) is 14.2 Å². The first-order valence-corrected chi connectivity index (χ1v) is 8.15. The molecule has 116 valence electrons. The quantitative estimate of drug-likeness (QED) is 0.690. The Morgan fingerprint density at radius 3 is 2.40 bits per heavy atom. The molecule has 0 aromatic heterocycles. The molecule has 4 heteroatoms. The van der Waals surface area contributed by atoms with Gasteiger partial charge in [-0.15, -0.1) is 0 Å². The van der Waals surface area contributed by atoms with Gasteiger partial charge < -0.3 is 14.2 Å². The largest absolute Gasteiger partial charge is 0.462 e. The van der Waals surface area contributed by atoms with Gasteiger partial charge in [-0.1, -0.05) is 38.5 Å². The second-order valence-electron chi connectivity index (χ2n) is 6.02. The third-order valence-corrected chi connectivity index (χ3v) is 4.29. The Morgan fingerprint density at radius 2 is 1.65 bits per heavy atom. The average Bonchev–Trinajstić information content (AvgIpc) is 2.44. The van der Waals surface area contributed by atoms with Gasteiger partial charge in [-0.05, 0) is 12.8 Å². The van der Waals surface area contributed by atoms with Crippen molar-refractivity contribution in [1.29, 1.82) is 0 Å². The molecular formula is C16H28O4. The molecule has 2 bridgehead atoms. The summed E-state index contributed by atoms with van der Waals surface area (Å²) in [6.45, 7) is 0. The molecule has 20 heavy (non-hydrogen) atoms. The van der Waals surface area contributed by atoms with E-state index in [1.807, 2.05) is 0 Å². The van der Waals surface area contributed by atoms with Crippen LogP contribution in [0.1, 0.15) is 70.6 Å². The number of fused-ring (bicyclic) bond motifs is 2. The molecule has 0 aliphatic carbocycles. The first-order valence-electron chi connectivity index (χ1n) is 8.15. The van der Waals surface area contributed by atoms with Crippen LogP contribution in [0.15, 0.2) is 0 Å². The molecule has 3 atom stereocenters. The zero-order valence-electron chi connectivity index (χ0n) is 12.6. The number of ether oxygens (including phenoxy) is 3. The summed E-state index contributed by atoms with van der Waals surface area (Å²) in [6, 6.07) is 0. The van der Waals surface area contributed by atoms with E-state index in [1.165, 1.54) is 32.1 Å². The molecule has 2 fully saturated rings. The van der Waals surface area contributed by atoms with Gasteiger partial charge in [0.15, 0.2) is 6.29 Å². The summed E-state index contributed by atoms with van der Waals surface area (Å²) in [5, 5.41) is 0. The summed E-state index contributed by atoms with van der Waals surface area (Å²) >= 11 is 0. The second-order valence-corrected chi connectivity index (χ2v) is 6.02. The second kappa shape index (κ2) is 8.63. The Hall–Kier alpha value is -0.610.